The van der Waals surface area contributed by atoms with Gasteiger partial charge in [-0.25, -0.2) is 4.79 Å². The Bertz CT molecular complexity index is 1020. The maximum Gasteiger partial charge on any atom is 0.407 e. The second-order valence-corrected chi connectivity index (χ2v) is 9.24. The molecule has 1 saturated carbocycles. The third-order valence-electron chi connectivity index (χ3n) is 7.05. The molecule has 2 N–H and O–H groups in total. The second-order valence-electron chi connectivity index (χ2n) is 9.24. The Morgan fingerprint density at radius 3 is 2.27 bits per heavy atom. The number of hydrogen-bond acceptors (Lipinski definition) is 4. The zero-order valence-electron chi connectivity index (χ0n) is 19.0. The fourth-order valence-electron chi connectivity index (χ4n) is 5.31. The Kier molecular flexibility index (Phi) is 6.40. The Morgan fingerprint density at radius 2 is 1.67 bits per heavy atom. The van der Waals surface area contributed by atoms with Gasteiger partial charge in [0, 0.05) is 19.0 Å². The van der Waals surface area contributed by atoms with Gasteiger partial charge in [0.25, 0.3) is 0 Å². The molecule has 33 heavy (non-hydrogen) atoms. The number of nitrogens with one attached hydrogen (secondary N) is 1. The predicted molar refractivity (Wildman–Crippen MR) is 124 cm³/mol. The summed E-state index contributed by atoms with van der Waals surface area (Å²) in [6.07, 6.45) is 2.42. The van der Waals surface area contributed by atoms with E-state index in [0.29, 0.717) is 12.8 Å². The van der Waals surface area contributed by atoms with Gasteiger partial charge in [0.05, 0.1) is 5.41 Å². The highest BCUT2D eigenvalue weighted by Crippen LogP contribution is 2.44. The first-order valence-electron chi connectivity index (χ1n) is 11.4. The molecule has 2 aromatic carbocycles. The lowest BCUT2D eigenvalue weighted by molar-refractivity contribution is -0.150. The van der Waals surface area contributed by atoms with Crippen molar-refractivity contribution < 1.29 is 24.2 Å². The maximum absolute atomic E-state index is 13.1. The highest BCUT2D eigenvalue weighted by Gasteiger charge is 2.45. The van der Waals surface area contributed by atoms with Crippen LogP contribution < -0.4 is 5.32 Å². The van der Waals surface area contributed by atoms with Gasteiger partial charge in [0.2, 0.25) is 5.91 Å². The van der Waals surface area contributed by atoms with E-state index in [1.165, 1.54) is 11.9 Å². The minimum absolute atomic E-state index is 0.0378. The number of carboxylic acids is 1. The molecular formula is C26H30N2O5. The summed E-state index contributed by atoms with van der Waals surface area (Å²) in [6, 6.07) is 15.9. The summed E-state index contributed by atoms with van der Waals surface area (Å²) in [5.41, 5.74) is 3.73. The third kappa shape index (κ3) is 4.45. The number of amides is 2. The van der Waals surface area contributed by atoms with Gasteiger partial charge in [0.1, 0.15) is 13.2 Å². The van der Waals surface area contributed by atoms with Gasteiger partial charge in [-0.3, -0.25) is 9.59 Å². The maximum atomic E-state index is 13.1. The molecular weight excluding hydrogens is 420 g/mol. The topological polar surface area (TPSA) is 95.9 Å². The molecule has 2 atom stereocenters. The smallest absolute Gasteiger partial charge is 0.407 e. The first kappa shape index (κ1) is 22.8. The van der Waals surface area contributed by atoms with Crippen molar-refractivity contribution in [2.24, 2.45) is 5.41 Å². The third-order valence-corrected chi connectivity index (χ3v) is 7.05. The summed E-state index contributed by atoms with van der Waals surface area (Å²) >= 11 is 0. The van der Waals surface area contributed by atoms with E-state index < -0.39 is 23.5 Å². The fraction of sp³-hybridized carbons (Fsp3) is 0.423. The number of fused-ring (bicyclic) bond motifs is 3. The zero-order chi connectivity index (χ0) is 23.6. The molecule has 2 unspecified atom stereocenters. The molecule has 7 heteroatoms. The first-order valence-corrected chi connectivity index (χ1v) is 11.4. The Balaban J connectivity index is 1.44. The van der Waals surface area contributed by atoms with E-state index in [4.69, 9.17) is 9.84 Å². The molecule has 174 valence electrons. The number of alkyl carbamates (subject to hydrolysis) is 1. The van der Waals surface area contributed by atoms with Crippen LogP contribution in [0, 0.1) is 5.41 Å². The monoisotopic (exact) mass is 450 g/mol. The van der Waals surface area contributed by atoms with Crippen molar-refractivity contribution in [3.05, 3.63) is 59.7 Å². The van der Waals surface area contributed by atoms with E-state index >= 15 is 0 Å². The predicted octanol–water partition coefficient (Wildman–Crippen LogP) is 4.02. The average Bonchev–Trinajstić information content (AvgIpc) is 3.12. The standard InChI is InChI=1S/C26H30N2O5/c1-26(24(31)28(2)15-23(29)30)14-8-7-13-22(26)27-25(32)33-16-21-19-11-5-3-9-17(19)18-10-4-6-12-20(18)21/h3-6,9-12,21-22H,7-8,13-16H2,1-2H3,(H,27,32)(H,29,30). The lowest BCUT2D eigenvalue weighted by Gasteiger charge is -2.42. The van der Waals surface area contributed by atoms with E-state index in [1.807, 2.05) is 24.3 Å². The van der Waals surface area contributed by atoms with Crippen LogP contribution in [0.2, 0.25) is 0 Å². The van der Waals surface area contributed by atoms with Crippen LogP contribution in [0.15, 0.2) is 48.5 Å². The molecule has 0 aliphatic heterocycles. The van der Waals surface area contributed by atoms with Crippen molar-refractivity contribution in [3.8, 4) is 11.1 Å². The highest BCUT2D eigenvalue weighted by molar-refractivity contribution is 5.87. The summed E-state index contributed by atoms with van der Waals surface area (Å²) in [7, 11) is 1.49. The number of likely N-dealkylation sites (N-methyl/N-ethyl adjacent to an activating group) is 1. The van der Waals surface area contributed by atoms with Crippen molar-refractivity contribution in [2.45, 2.75) is 44.6 Å². The lowest BCUT2D eigenvalue weighted by Crippen LogP contribution is -2.56. The van der Waals surface area contributed by atoms with Crippen LogP contribution >= 0.6 is 0 Å². The molecule has 2 amide bonds. The number of benzene rings is 2. The number of ether oxygens (including phenoxy) is 1. The second kappa shape index (κ2) is 9.25. The van der Waals surface area contributed by atoms with Crippen molar-refractivity contribution in [1.29, 1.82) is 0 Å². The van der Waals surface area contributed by atoms with Crippen LogP contribution in [0.4, 0.5) is 4.79 Å². The lowest BCUT2D eigenvalue weighted by atomic mass is 9.70. The van der Waals surface area contributed by atoms with Crippen LogP contribution in [-0.4, -0.2) is 54.2 Å². The number of nitrogens with zero attached hydrogens (tertiary/aromatic N) is 1. The van der Waals surface area contributed by atoms with E-state index in [0.717, 1.165) is 35.1 Å². The van der Waals surface area contributed by atoms with Gasteiger partial charge in [0.15, 0.2) is 0 Å². The van der Waals surface area contributed by atoms with E-state index in [1.54, 1.807) is 6.92 Å². The van der Waals surface area contributed by atoms with Crippen LogP contribution in [-0.2, 0) is 14.3 Å². The van der Waals surface area contributed by atoms with Crippen LogP contribution in [0.3, 0.4) is 0 Å². The Hall–Kier alpha value is -3.35. The molecule has 0 saturated heterocycles. The summed E-state index contributed by atoms with van der Waals surface area (Å²) < 4.78 is 5.67. The van der Waals surface area contributed by atoms with Crippen LogP contribution in [0.1, 0.15) is 49.7 Å². The molecule has 0 aromatic heterocycles. The first-order chi connectivity index (χ1) is 15.8. The molecule has 2 aromatic rings. The molecule has 2 aliphatic rings. The molecule has 0 radical (unpaired) electrons. The Morgan fingerprint density at radius 1 is 1.06 bits per heavy atom. The summed E-state index contributed by atoms with van der Waals surface area (Å²) in [5, 5.41) is 12.0. The van der Waals surface area contributed by atoms with Gasteiger partial charge in [-0.15, -0.1) is 0 Å². The van der Waals surface area contributed by atoms with Gasteiger partial charge in [-0.05, 0) is 42.0 Å². The quantitative estimate of drug-likeness (QED) is 0.693. The summed E-state index contributed by atoms with van der Waals surface area (Å²) in [4.78, 5) is 38.1. The average molecular weight is 451 g/mol. The number of carbonyl (C=O) groups is 3. The van der Waals surface area contributed by atoms with E-state index in [9.17, 15) is 14.4 Å². The van der Waals surface area contributed by atoms with E-state index in [-0.39, 0.29) is 25.0 Å². The van der Waals surface area contributed by atoms with Crippen molar-refractivity contribution >= 4 is 18.0 Å². The SMILES string of the molecule is CN(CC(=O)O)C(=O)C1(C)CCCCC1NC(=O)OCC1c2ccccc2-c2ccccc21. The van der Waals surface area contributed by atoms with Crippen molar-refractivity contribution in [3.63, 3.8) is 0 Å². The molecule has 0 bridgehead atoms. The molecule has 1 fully saturated rings. The fourth-order valence-corrected chi connectivity index (χ4v) is 5.31. The normalized spacial score (nSPS) is 21.6. The molecule has 7 nitrogen and oxygen atoms in total. The summed E-state index contributed by atoms with van der Waals surface area (Å²) in [5.74, 6) is -1.37. The molecule has 0 heterocycles. The number of hydrogen-bond donors (Lipinski definition) is 2. The highest BCUT2D eigenvalue weighted by atomic mass is 16.5. The van der Waals surface area contributed by atoms with Gasteiger partial charge in [-0.1, -0.05) is 61.4 Å². The number of carbonyl (C=O) groups excluding carboxylic acids is 2. The molecule has 0 spiro atoms. The largest absolute Gasteiger partial charge is 0.480 e. The minimum Gasteiger partial charge on any atom is -0.480 e. The minimum atomic E-state index is -1.06. The van der Waals surface area contributed by atoms with Crippen LogP contribution in [0.5, 0.6) is 0 Å². The Labute approximate surface area is 193 Å². The summed E-state index contributed by atoms with van der Waals surface area (Å²) in [6.45, 7) is 1.64. The van der Waals surface area contributed by atoms with Gasteiger partial charge < -0.3 is 20.1 Å². The number of aliphatic carboxylic acids is 1. The molecule has 4 rings (SSSR count). The number of rotatable bonds is 6. The molecule has 2 aliphatic carbocycles. The zero-order valence-corrected chi connectivity index (χ0v) is 19.0. The van der Waals surface area contributed by atoms with Gasteiger partial charge in [-0.2, -0.15) is 0 Å². The van der Waals surface area contributed by atoms with Gasteiger partial charge >= 0.3 is 12.1 Å². The van der Waals surface area contributed by atoms with E-state index in [2.05, 4.69) is 29.6 Å². The number of carboxylic acid groups (broad SMARTS) is 1. The van der Waals surface area contributed by atoms with Crippen molar-refractivity contribution in [2.75, 3.05) is 20.2 Å². The van der Waals surface area contributed by atoms with Crippen LogP contribution in [0.25, 0.3) is 11.1 Å². The van der Waals surface area contributed by atoms with Crippen molar-refractivity contribution in [1.82, 2.24) is 10.2 Å².